The summed E-state index contributed by atoms with van der Waals surface area (Å²) < 4.78 is 0. The van der Waals surface area contributed by atoms with Gasteiger partial charge in [0.25, 0.3) is 5.91 Å². The Kier molecular flexibility index (Phi) is 4.78. The van der Waals surface area contributed by atoms with Gasteiger partial charge in [-0.3, -0.25) is 9.78 Å². The third-order valence-corrected chi connectivity index (χ3v) is 4.84. The first kappa shape index (κ1) is 16.5. The second kappa shape index (κ2) is 7.52. The third-order valence-electron chi connectivity index (χ3n) is 4.84. The van der Waals surface area contributed by atoms with Crippen molar-refractivity contribution < 1.29 is 4.79 Å². The van der Waals surface area contributed by atoms with Gasteiger partial charge in [-0.15, -0.1) is 0 Å². The lowest BCUT2D eigenvalue weighted by molar-refractivity contribution is 0.0951. The first-order chi connectivity index (χ1) is 12.8. The van der Waals surface area contributed by atoms with Crippen molar-refractivity contribution in [3.8, 4) is 0 Å². The molecule has 0 aliphatic carbocycles. The van der Waals surface area contributed by atoms with Crippen LogP contribution in [0.2, 0.25) is 0 Å². The number of pyridine rings is 2. The zero-order valence-electron chi connectivity index (χ0n) is 14.7. The Morgan fingerprint density at radius 1 is 0.962 bits per heavy atom. The van der Waals surface area contributed by atoms with Crippen molar-refractivity contribution in [1.82, 2.24) is 15.3 Å². The molecule has 132 valence electrons. The molecule has 0 saturated carbocycles. The van der Waals surface area contributed by atoms with Crippen molar-refractivity contribution in [1.29, 1.82) is 0 Å². The molecule has 0 bridgehead atoms. The summed E-state index contributed by atoms with van der Waals surface area (Å²) >= 11 is 0. The lowest BCUT2D eigenvalue weighted by Gasteiger charge is -2.29. The largest absolute Gasteiger partial charge is 0.356 e. The fourth-order valence-electron chi connectivity index (χ4n) is 3.51. The van der Waals surface area contributed by atoms with E-state index in [0.29, 0.717) is 12.1 Å². The van der Waals surface area contributed by atoms with Crippen LogP contribution in [0.25, 0.3) is 10.9 Å². The second-order valence-electron chi connectivity index (χ2n) is 6.60. The topological polar surface area (TPSA) is 58.1 Å². The van der Waals surface area contributed by atoms with Crippen molar-refractivity contribution in [2.75, 3.05) is 18.0 Å². The van der Waals surface area contributed by atoms with E-state index >= 15 is 0 Å². The standard InChI is InChI=1S/C21H22N4O/c26-21(18-10-6-12-23-20(18)25-13-2-1-3-14-25)24-15-17-8-4-7-16-9-5-11-22-19(16)17/h4-12H,1-3,13-15H2,(H,24,26). The van der Waals surface area contributed by atoms with E-state index in [1.165, 1.54) is 6.42 Å². The molecule has 1 aliphatic rings. The molecule has 3 aromatic rings. The van der Waals surface area contributed by atoms with E-state index in [0.717, 1.165) is 48.2 Å². The Labute approximate surface area is 153 Å². The monoisotopic (exact) mass is 346 g/mol. The van der Waals surface area contributed by atoms with E-state index in [2.05, 4.69) is 20.2 Å². The molecule has 1 aliphatic heterocycles. The fourth-order valence-corrected chi connectivity index (χ4v) is 3.51. The maximum absolute atomic E-state index is 12.8. The first-order valence-corrected chi connectivity index (χ1v) is 9.14. The Morgan fingerprint density at radius 3 is 2.62 bits per heavy atom. The van der Waals surface area contributed by atoms with Gasteiger partial charge in [-0.05, 0) is 43.0 Å². The number of fused-ring (bicyclic) bond motifs is 1. The number of hydrogen-bond acceptors (Lipinski definition) is 4. The number of piperidine rings is 1. The molecule has 5 heteroatoms. The van der Waals surface area contributed by atoms with Crippen molar-refractivity contribution in [2.24, 2.45) is 0 Å². The molecule has 1 aromatic carbocycles. The highest BCUT2D eigenvalue weighted by Gasteiger charge is 2.19. The van der Waals surface area contributed by atoms with Gasteiger partial charge in [0, 0.05) is 37.4 Å². The summed E-state index contributed by atoms with van der Waals surface area (Å²) in [5.41, 5.74) is 2.58. The molecule has 0 radical (unpaired) electrons. The van der Waals surface area contributed by atoms with Gasteiger partial charge in [0.2, 0.25) is 0 Å². The molecular weight excluding hydrogens is 324 g/mol. The summed E-state index contributed by atoms with van der Waals surface area (Å²) in [6.07, 6.45) is 7.09. The third kappa shape index (κ3) is 3.38. The van der Waals surface area contributed by atoms with Gasteiger partial charge in [-0.2, -0.15) is 0 Å². The lowest BCUT2D eigenvalue weighted by Crippen LogP contribution is -2.33. The predicted octanol–water partition coefficient (Wildman–Crippen LogP) is 3.55. The van der Waals surface area contributed by atoms with E-state index in [4.69, 9.17) is 0 Å². The van der Waals surface area contributed by atoms with Crippen molar-refractivity contribution in [3.63, 3.8) is 0 Å². The first-order valence-electron chi connectivity index (χ1n) is 9.14. The van der Waals surface area contributed by atoms with Gasteiger partial charge in [-0.1, -0.05) is 24.3 Å². The van der Waals surface area contributed by atoms with Crippen LogP contribution in [0.5, 0.6) is 0 Å². The summed E-state index contributed by atoms with van der Waals surface area (Å²) in [6, 6.07) is 13.7. The van der Waals surface area contributed by atoms with Crippen LogP contribution in [-0.2, 0) is 6.54 Å². The van der Waals surface area contributed by atoms with Crippen LogP contribution in [0.1, 0.15) is 35.2 Å². The number of para-hydroxylation sites is 1. The predicted molar refractivity (Wildman–Crippen MR) is 103 cm³/mol. The molecule has 3 heterocycles. The van der Waals surface area contributed by atoms with Crippen LogP contribution in [0.4, 0.5) is 5.82 Å². The van der Waals surface area contributed by atoms with Crippen LogP contribution in [-0.4, -0.2) is 29.0 Å². The van der Waals surface area contributed by atoms with Crippen molar-refractivity contribution in [2.45, 2.75) is 25.8 Å². The minimum Gasteiger partial charge on any atom is -0.356 e. The molecule has 0 unspecified atom stereocenters. The molecular formula is C21H22N4O. The number of aromatic nitrogens is 2. The maximum atomic E-state index is 12.8. The molecule has 0 spiro atoms. The molecule has 0 atom stereocenters. The molecule has 1 fully saturated rings. The number of carbonyl (C=O) groups is 1. The van der Waals surface area contributed by atoms with Crippen LogP contribution < -0.4 is 10.2 Å². The van der Waals surface area contributed by atoms with E-state index in [1.807, 2.05) is 42.5 Å². The smallest absolute Gasteiger partial charge is 0.255 e. The van der Waals surface area contributed by atoms with Crippen LogP contribution in [0.15, 0.2) is 54.9 Å². The van der Waals surface area contributed by atoms with Crippen LogP contribution in [0, 0.1) is 0 Å². The SMILES string of the molecule is O=C(NCc1cccc2cccnc12)c1cccnc1N1CCCCC1. The van der Waals surface area contributed by atoms with Gasteiger partial charge in [0.1, 0.15) is 5.82 Å². The summed E-state index contributed by atoms with van der Waals surface area (Å²) in [6.45, 7) is 2.37. The minimum atomic E-state index is -0.0911. The molecule has 5 nitrogen and oxygen atoms in total. The molecule has 2 aromatic heterocycles. The Morgan fingerprint density at radius 2 is 1.73 bits per heavy atom. The zero-order valence-corrected chi connectivity index (χ0v) is 14.7. The summed E-state index contributed by atoms with van der Waals surface area (Å²) in [5, 5.41) is 4.12. The fraction of sp³-hybridized carbons (Fsp3) is 0.286. The average molecular weight is 346 g/mol. The highest BCUT2D eigenvalue weighted by atomic mass is 16.1. The number of hydrogen-bond donors (Lipinski definition) is 1. The van der Waals surface area contributed by atoms with Crippen LogP contribution >= 0.6 is 0 Å². The van der Waals surface area contributed by atoms with Gasteiger partial charge < -0.3 is 10.2 Å². The minimum absolute atomic E-state index is 0.0911. The number of nitrogens with zero attached hydrogens (tertiary/aromatic N) is 3. The number of amides is 1. The lowest BCUT2D eigenvalue weighted by atomic mass is 10.1. The second-order valence-corrected chi connectivity index (χ2v) is 6.60. The van der Waals surface area contributed by atoms with Gasteiger partial charge in [0.05, 0.1) is 11.1 Å². The van der Waals surface area contributed by atoms with E-state index in [9.17, 15) is 4.79 Å². The summed E-state index contributed by atoms with van der Waals surface area (Å²) in [5.74, 6) is 0.701. The number of benzene rings is 1. The number of anilines is 1. The van der Waals surface area contributed by atoms with E-state index < -0.39 is 0 Å². The molecule has 4 rings (SSSR count). The summed E-state index contributed by atoms with van der Waals surface area (Å²) in [7, 11) is 0. The Bertz CT molecular complexity index is 913. The maximum Gasteiger partial charge on any atom is 0.255 e. The zero-order chi connectivity index (χ0) is 17.8. The van der Waals surface area contributed by atoms with Crippen molar-refractivity contribution >= 4 is 22.6 Å². The van der Waals surface area contributed by atoms with Crippen molar-refractivity contribution in [3.05, 3.63) is 66.0 Å². The molecule has 1 amide bonds. The number of nitrogens with one attached hydrogen (secondary N) is 1. The van der Waals surface area contributed by atoms with Crippen LogP contribution in [0.3, 0.4) is 0 Å². The average Bonchev–Trinajstić information content (AvgIpc) is 2.72. The van der Waals surface area contributed by atoms with E-state index in [1.54, 1.807) is 12.4 Å². The normalized spacial score (nSPS) is 14.4. The quantitative estimate of drug-likeness (QED) is 0.785. The van der Waals surface area contributed by atoms with Gasteiger partial charge in [0.15, 0.2) is 0 Å². The number of rotatable bonds is 4. The number of carbonyl (C=O) groups excluding carboxylic acids is 1. The van der Waals surface area contributed by atoms with Gasteiger partial charge in [-0.25, -0.2) is 4.98 Å². The van der Waals surface area contributed by atoms with E-state index in [-0.39, 0.29) is 5.91 Å². The molecule has 1 N–H and O–H groups in total. The highest BCUT2D eigenvalue weighted by Crippen LogP contribution is 2.22. The highest BCUT2D eigenvalue weighted by molar-refractivity contribution is 5.99. The molecule has 26 heavy (non-hydrogen) atoms. The Balaban J connectivity index is 1.53. The Hall–Kier alpha value is -2.95. The van der Waals surface area contributed by atoms with Gasteiger partial charge >= 0.3 is 0 Å². The summed E-state index contributed by atoms with van der Waals surface area (Å²) in [4.78, 5) is 24.0. The molecule has 1 saturated heterocycles.